The largest absolute Gasteiger partial charge is 0.505 e. The maximum absolute atomic E-state index is 12.2. The predicted molar refractivity (Wildman–Crippen MR) is 116 cm³/mol. The van der Waals surface area contributed by atoms with Gasteiger partial charge in [0.05, 0.1) is 5.69 Å². The SMILES string of the molecule is CCCCCC(S)c1c(O)c(NC(=O)OC(C)(C)C)cc2c(C)cccc12. The van der Waals surface area contributed by atoms with Gasteiger partial charge in [0.25, 0.3) is 0 Å². The lowest BCUT2D eigenvalue weighted by Crippen LogP contribution is -2.27. The van der Waals surface area contributed by atoms with Crippen LogP contribution >= 0.6 is 12.6 Å². The molecule has 5 heteroatoms. The second kappa shape index (κ2) is 8.87. The summed E-state index contributed by atoms with van der Waals surface area (Å²) < 4.78 is 5.34. The van der Waals surface area contributed by atoms with Crippen molar-refractivity contribution in [2.24, 2.45) is 0 Å². The summed E-state index contributed by atoms with van der Waals surface area (Å²) >= 11 is 4.78. The highest BCUT2D eigenvalue weighted by Crippen LogP contribution is 2.43. The molecule has 0 radical (unpaired) electrons. The molecule has 0 spiro atoms. The molecule has 2 rings (SSSR count). The third-order valence-corrected chi connectivity index (χ3v) is 4.98. The van der Waals surface area contributed by atoms with Gasteiger partial charge in [0.2, 0.25) is 0 Å². The number of carbonyl (C=O) groups excluding carboxylic acids is 1. The summed E-state index contributed by atoms with van der Waals surface area (Å²) in [6, 6.07) is 7.80. The predicted octanol–water partition coefficient (Wildman–Crippen LogP) is 6.75. The van der Waals surface area contributed by atoms with Crippen molar-refractivity contribution in [2.45, 2.75) is 71.2 Å². The van der Waals surface area contributed by atoms with E-state index in [2.05, 4.69) is 12.2 Å². The zero-order chi connectivity index (χ0) is 20.2. The van der Waals surface area contributed by atoms with Crippen molar-refractivity contribution < 1.29 is 14.6 Å². The highest BCUT2D eigenvalue weighted by Gasteiger charge is 2.22. The third-order valence-electron chi connectivity index (χ3n) is 4.46. The molecule has 1 amide bonds. The summed E-state index contributed by atoms with van der Waals surface area (Å²) in [6.07, 6.45) is 3.58. The number of nitrogens with one attached hydrogen (secondary N) is 1. The first-order valence-electron chi connectivity index (χ1n) is 9.57. The van der Waals surface area contributed by atoms with Crippen molar-refractivity contribution in [2.75, 3.05) is 5.32 Å². The second-order valence-corrected chi connectivity index (χ2v) is 8.62. The molecular formula is C22H31NO3S. The molecule has 0 saturated carbocycles. The summed E-state index contributed by atoms with van der Waals surface area (Å²) in [5.41, 5.74) is 1.59. The Bertz CT molecular complexity index is 811. The van der Waals surface area contributed by atoms with Gasteiger partial charge in [-0.15, -0.1) is 0 Å². The number of rotatable bonds is 6. The fourth-order valence-electron chi connectivity index (χ4n) is 3.17. The van der Waals surface area contributed by atoms with Crippen LogP contribution in [0, 0.1) is 6.92 Å². The van der Waals surface area contributed by atoms with E-state index in [9.17, 15) is 9.90 Å². The normalized spacial score (nSPS) is 12.8. The zero-order valence-corrected chi connectivity index (χ0v) is 17.8. The first kappa shape index (κ1) is 21.4. The summed E-state index contributed by atoms with van der Waals surface area (Å²) in [7, 11) is 0. The number of thiol groups is 1. The van der Waals surface area contributed by atoms with Crippen LogP contribution in [0.25, 0.3) is 10.8 Å². The van der Waals surface area contributed by atoms with E-state index in [1.807, 2.05) is 25.1 Å². The monoisotopic (exact) mass is 389 g/mol. The Kier molecular flexibility index (Phi) is 7.04. The minimum atomic E-state index is -0.610. The molecule has 27 heavy (non-hydrogen) atoms. The number of aryl methyl sites for hydroxylation is 1. The first-order valence-corrected chi connectivity index (χ1v) is 10.1. The number of anilines is 1. The van der Waals surface area contributed by atoms with Crippen LogP contribution in [0.1, 0.15) is 69.8 Å². The van der Waals surface area contributed by atoms with Gasteiger partial charge in [-0.1, -0.05) is 44.4 Å². The molecule has 2 aromatic rings. The molecule has 0 bridgehead atoms. The van der Waals surface area contributed by atoms with Crippen molar-refractivity contribution in [3.8, 4) is 5.75 Å². The quantitative estimate of drug-likeness (QED) is 0.291. The van der Waals surface area contributed by atoms with E-state index in [0.29, 0.717) is 5.69 Å². The molecule has 0 aliphatic rings. The van der Waals surface area contributed by atoms with E-state index in [1.165, 1.54) is 0 Å². The molecular weight excluding hydrogens is 358 g/mol. The van der Waals surface area contributed by atoms with Crippen LogP contribution < -0.4 is 5.32 Å². The highest BCUT2D eigenvalue weighted by molar-refractivity contribution is 7.80. The lowest BCUT2D eigenvalue weighted by Gasteiger charge is -2.22. The maximum Gasteiger partial charge on any atom is 0.412 e. The van der Waals surface area contributed by atoms with Gasteiger partial charge in [0.15, 0.2) is 0 Å². The van der Waals surface area contributed by atoms with Crippen LogP contribution in [0.3, 0.4) is 0 Å². The molecule has 2 N–H and O–H groups in total. The molecule has 0 fully saturated rings. The number of aromatic hydroxyl groups is 1. The molecule has 1 atom stereocenters. The minimum absolute atomic E-state index is 0.0652. The fourth-order valence-corrected chi connectivity index (χ4v) is 3.61. The van der Waals surface area contributed by atoms with Gasteiger partial charge in [-0.05, 0) is 56.5 Å². The highest BCUT2D eigenvalue weighted by atomic mass is 32.1. The van der Waals surface area contributed by atoms with Crippen molar-refractivity contribution in [1.82, 2.24) is 0 Å². The standard InChI is InChI=1S/C22H31NO3S/c1-6-7-8-12-18(27)19-15-11-9-10-14(2)16(15)13-17(20(19)24)23-21(25)26-22(3,4)5/h9-11,13,18,24,27H,6-8,12H2,1-5H3,(H,23,25). The van der Waals surface area contributed by atoms with E-state index >= 15 is 0 Å². The Balaban J connectivity index is 2.47. The molecule has 0 aliphatic heterocycles. The number of benzene rings is 2. The Hall–Kier alpha value is -1.88. The van der Waals surface area contributed by atoms with Crippen LogP contribution in [0.4, 0.5) is 10.5 Å². The number of ether oxygens (including phenoxy) is 1. The summed E-state index contributed by atoms with van der Waals surface area (Å²) in [4.78, 5) is 12.2. The number of hydrogen-bond acceptors (Lipinski definition) is 4. The van der Waals surface area contributed by atoms with E-state index in [4.69, 9.17) is 17.4 Å². The van der Waals surface area contributed by atoms with Crippen LogP contribution in [-0.4, -0.2) is 16.8 Å². The van der Waals surface area contributed by atoms with E-state index < -0.39 is 11.7 Å². The molecule has 4 nitrogen and oxygen atoms in total. The van der Waals surface area contributed by atoms with Gasteiger partial charge in [-0.3, -0.25) is 5.32 Å². The summed E-state index contributed by atoms with van der Waals surface area (Å²) in [6.45, 7) is 9.60. The number of phenolic OH excluding ortho intramolecular Hbond substituents is 1. The van der Waals surface area contributed by atoms with E-state index in [0.717, 1.165) is 47.6 Å². The number of carbonyl (C=O) groups is 1. The Morgan fingerprint density at radius 2 is 1.96 bits per heavy atom. The second-order valence-electron chi connectivity index (χ2n) is 7.99. The molecule has 148 valence electrons. The van der Waals surface area contributed by atoms with E-state index in [-0.39, 0.29) is 11.0 Å². The van der Waals surface area contributed by atoms with Crippen molar-refractivity contribution >= 4 is 35.2 Å². The van der Waals surface area contributed by atoms with Gasteiger partial charge in [0.1, 0.15) is 11.4 Å². The van der Waals surface area contributed by atoms with Gasteiger partial charge < -0.3 is 9.84 Å². The van der Waals surface area contributed by atoms with Crippen LogP contribution in [0.2, 0.25) is 0 Å². The topological polar surface area (TPSA) is 58.6 Å². The number of hydrogen-bond donors (Lipinski definition) is 3. The average molecular weight is 390 g/mol. The van der Waals surface area contributed by atoms with E-state index in [1.54, 1.807) is 26.8 Å². The lowest BCUT2D eigenvalue weighted by atomic mass is 9.94. The lowest BCUT2D eigenvalue weighted by molar-refractivity contribution is 0.0635. The smallest absolute Gasteiger partial charge is 0.412 e. The first-order chi connectivity index (χ1) is 12.6. The molecule has 1 unspecified atom stereocenters. The van der Waals surface area contributed by atoms with Crippen molar-refractivity contribution in [3.63, 3.8) is 0 Å². The fraction of sp³-hybridized carbons (Fsp3) is 0.500. The van der Waals surface area contributed by atoms with Crippen molar-refractivity contribution in [1.29, 1.82) is 0 Å². The van der Waals surface area contributed by atoms with Crippen molar-refractivity contribution in [3.05, 3.63) is 35.4 Å². The van der Waals surface area contributed by atoms with Gasteiger partial charge in [0, 0.05) is 10.8 Å². The summed E-state index contributed by atoms with van der Waals surface area (Å²) in [5.74, 6) is 0.0652. The average Bonchev–Trinajstić information content (AvgIpc) is 2.55. The van der Waals surface area contributed by atoms with Gasteiger partial charge >= 0.3 is 6.09 Å². The molecule has 0 aliphatic carbocycles. The Morgan fingerprint density at radius 1 is 1.26 bits per heavy atom. The number of phenols is 1. The number of unbranched alkanes of at least 4 members (excludes halogenated alkanes) is 2. The Labute approximate surface area is 167 Å². The molecule has 0 heterocycles. The van der Waals surface area contributed by atoms with Gasteiger partial charge in [-0.2, -0.15) is 12.6 Å². The minimum Gasteiger partial charge on any atom is -0.505 e. The van der Waals surface area contributed by atoms with Crippen LogP contribution in [0.5, 0.6) is 5.75 Å². The number of fused-ring (bicyclic) bond motifs is 1. The molecule has 2 aromatic carbocycles. The Morgan fingerprint density at radius 3 is 2.59 bits per heavy atom. The van der Waals surface area contributed by atoms with Crippen LogP contribution in [-0.2, 0) is 4.74 Å². The third kappa shape index (κ3) is 5.55. The zero-order valence-electron chi connectivity index (χ0n) is 16.9. The molecule has 0 aromatic heterocycles. The molecule has 0 saturated heterocycles. The van der Waals surface area contributed by atoms with Crippen LogP contribution in [0.15, 0.2) is 24.3 Å². The van der Waals surface area contributed by atoms with Gasteiger partial charge in [-0.25, -0.2) is 4.79 Å². The maximum atomic E-state index is 12.2. The number of amides is 1. The summed E-state index contributed by atoms with van der Waals surface area (Å²) in [5, 5.41) is 15.5.